The smallest absolute Gasteiger partial charge is 0.269 e. The first-order valence-electron chi connectivity index (χ1n) is 8.12. The number of hydrogen-bond acceptors (Lipinski definition) is 4. The van der Waals surface area contributed by atoms with Crippen molar-refractivity contribution >= 4 is 23.2 Å². The molecular weight excluding hydrogens is 330 g/mol. The summed E-state index contributed by atoms with van der Waals surface area (Å²) in [5, 5.41) is 4.45. The lowest BCUT2D eigenvalue weighted by Crippen LogP contribution is -2.32. The molecule has 4 rings (SSSR count). The Bertz CT molecular complexity index is 1040. The SMILES string of the molecule is CC(=O)N1Cc2c(C(N)=O)nn(-c3ccccc3)c2-c2cc(N)ccc21. The standard InChI is InChI=1S/C19H17N5O2/c1-11(25)23-10-15-17(19(21)26)22-24(13-5-3-2-4-6-13)18(15)14-9-12(20)7-8-16(14)23/h2-9H,10,20H2,1H3,(H2,21,26). The van der Waals surface area contributed by atoms with Crippen molar-refractivity contribution in [3.05, 3.63) is 59.8 Å². The van der Waals surface area contributed by atoms with Gasteiger partial charge < -0.3 is 16.4 Å². The molecule has 4 N–H and O–H groups in total. The zero-order valence-electron chi connectivity index (χ0n) is 14.1. The zero-order chi connectivity index (χ0) is 18.4. The summed E-state index contributed by atoms with van der Waals surface area (Å²) in [6.07, 6.45) is 0. The highest BCUT2D eigenvalue weighted by atomic mass is 16.2. The van der Waals surface area contributed by atoms with Crippen molar-refractivity contribution in [2.75, 3.05) is 10.6 Å². The van der Waals surface area contributed by atoms with Gasteiger partial charge in [-0.05, 0) is 30.3 Å². The van der Waals surface area contributed by atoms with E-state index in [1.54, 1.807) is 27.8 Å². The molecule has 0 atom stereocenters. The molecule has 1 aliphatic heterocycles. The molecule has 130 valence electrons. The molecule has 7 nitrogen and oxygen atoms in total. The first kappa shape index (κ1) is 15.9. The molecule has 0 fully saturated rings. The topological polar surface area (TPSA) is 107 Å². The molecule has 0 saturated heterocycles. The molecule has 3 aromatic rings. The van der Waals surface area contributed by atoms with Crippen molar-refractivity contribution in [3.63, 3.8) is 0 Å². The van der Waals surface area contributed by atoms with Crippen molar-refractivity contribution < 1.29 is 9.59 Å². The van der Waals surface area contributed by atoms with Crippen molar-refractivity contribution in [2.45, 2.75) is 13.5 Å². The van der Waals surface area contributed by atoms with Crippen LogP contribution >= 0.6 is 0 Å². The molecule has 0 aliphatic carbocycles. The number of primary amides is 1. The first-order chi connectivity index (χ1) is 12.5. The number of para-hydroxylation sites is 1. The van der Waals surface area contributed by atoms with E-state index in [0.717, 1.165) is 22.6 Å². The van der Waals surface area contributed by atoms with Crippen molar-refractivity contribution in [2.24, 2.45) is 5.73 Å². The minimum Gasteiger partial charge on any atom is -0.399 e. The largest absolute Gasteiger partial charge is 0.399 e. The monoisotopic (exact) mass is 347 g/mol. The lowest BCUT2D eigenvalue weighted by molar-refractivity contribution is -0.116. The van der Waals surface area contributed by atoms with Gasteiger partial charge in [0.25, 0.3) is 5.91 Å². The molecule has 0 unspecified atom stereocenters. The number of nitrogen functional groups attached to an aromatic ring is 1. The Hall–Kier alpha value is -3.61. The minimum atomic E-state index is -0.633. The normalized spacial score (nSPS) is 12.4. The summed E-state index contributed by atoms with van der Waals surface area (Å²) in [7, 11) is 0. The Morgan fingerprint density at radius 2 is 1.85 bits per heavy atom. The van der Waals surface area contributed by atoms with Gasteiger partial charge in [0, 0.05) is 23.7 Å². The maximum absolute atomic E-state index is 12.2. The van der Waals surface area contributed by atoms with Crippen LogP contribution in [0.3, 0.4) is 0 Å². The summed E-state index contributed by atoms with van der Waals surface area (Å²) in [5.74, 6) is -0.767. The van der Waals surface area contributed by atoms with E-state index in [1.807, 2.05) is 30.3 Å². The highest BCUT2D eigenvalue weighted by molar-refractivity contribution is 6.02. The predicted octanol–water partition coefficient (Wildman–Crippen LogP) is 2.09. The van der Waals surface area contributed by atoms with Crippen LogP contribution in [0, 0.1) is 0 Å². The van der Waals surface area contributed by atoms with Crippen LogP contribution in [-0.4, -0.2) is 21.6 Å². The summed E-state index contributed by atoms with van der Waals surface area (Å²) in [6.45, 7) is 1.71. The molecule has 0 radical (unpaired) electrons. The lowest BCUT2D eigenvalue weighted by Gasteiger charge is -2.29. The number of nitrogens with two attached hydrogens (primary N) is 2. The number of anilines is 2. The molecule has 2 amide bonds. The average Bonchev–Trinajstić information content (AvgIpc) is 3.01. The van der Waals surface area contributed by atoms with Gasteiger partial charge in [-0.2, -0.15) is 5.10 Å². The Morgan fingerprint density at radius 1 is 1.12 bits per heavy atom. The van der Waals surface area contributed by atoms with Gasteiger partial charge in [0.1, 0.15) is 0 Å². The molecule has 7 heteroatoms. The van der Waals surface area contributed by atoms with E-state index in [0.29, 0.717) is 11.3 Å². The molecule has 2 aromatic carbocycles. The molecule has 26 heavy (non-hydrogen) atoms. The maximum Gasteiger partial charge on any atom is 0.269 e. The van der Waals surface area contributed by atoms with E-state index >= 15 is 0 Å². The second kappa shape index (κ2) is 5.73. The number of nitrogens with zero attached hydrogens (tertiary/aromatic N) is 3. The van der Waals surface area contributed by atoms with Crippen LogP contribution in [-0.2, 0) is 11.3 Å². The minimum absolute atomic E-state index is 0.135. The van der Waals surface area contributed by atoms with Crippen LogP contribution in [0.5, 0.6) is 0 Å². The molecular formula is C19H17N5O2. The average molecular weight is 347 g/mol. The van der Waals surface area contributed by atoms with Gasteiger partial charge in [0.15, 0.2) is 5.69 Å². The fourth-order valence-electron chi connectivity index (χ4n) is 3.33. The maximum atomic E-state index is 12.2. The van der Waals surface area contributed by atoms with Gasteiger partial charge in [-0.3, -0.25) is 9.59 Å². The van der Waals surface area contributed by atoms with Crippen molar-refractivity contribution in [1.29, 1.82) is 0 Å². The third-order valence-electron chi connectivity index (χ3n) is 4.48. The Morgan fingerprint density at radius 3 is 2.50 bits per heavy atom. The van der Waals surface area contributed by atoms with Crippen LogP contribution in [0.25, 0.3) is 16.9 Å². The fraction of sp³-hybridized carbons (Fsp3) is 0.105. The number of carbonyl (C=O) groups is 2. The fourth-order valence-corrected chi connectivity index (χ4v) is 3.33. The summed E-state index contributed by atoms with van der Waals surface area (Å²) in [4.78, 5) is 25.8. The van der Waals surface area contributed by atoms with E-state index in [4.69, 9.17) is 11.5 Å². The highest BCUT2D eigenvalue weighted by Gasteiger charge is 2.33. The van der Waals surface area contributed by atoms with Crippen LogP contribution < -0.4 is 16.4 Å². The number of benzene rings is 2. The highest BCUT2D eigenvalue weighted by Crippen LogP contribution is 2.42. The van der Waals surface area contributed by atoms with Gasteiger partial charge in [-0.25, -0.2) is 4.68 Å². The number of hydrogen-bond donors (Lipinski definition) is 2. The van der Waals surface area contributed by atoms with E-state index < -0.39 is 5.91 Å². The van der Waals surface area contributed by atoms with Crippen molar-refractivity contribution in [1.82, 2.24) is 9.78 Å². The Kier molecular flexibility index (Phi) is 3.50. The van der Waals surface area contributed by atoms with Gasteiger partial charge in [0.05, 0.1) is 23.6 Å². The first-order valence-corrected chi connectivity index (χ1v) is 8.12. The van der Waals surface area contributed by atoms with Crippen LogP contribution in [0.2, 0.25) is 0 Å². The second-order valence-corrected chi connectivity index (χ2v) is 6.17. The van der Waals surface area contributed by atoms with E-state index in [2.05, 4.69) is 5.10 Å². The van der Waals surface area contributed by atoms with Crippen molar-refractivity contribution in [3.8, 4) is 16.9 Å². The third-order valence-corrected chi connectivity index (χ3v) is 4.48. The van der Waals surface area contributed by atoms with E-state index in [-0.39, 0.29) is 18.1 Å². The van der Waals surface area contributed by atoms with Crippen LogP contribution in [0.15, 0.2) is 48.5 Å². The molecule has 1 aliphatic rings. The molecule has 0 spiro atoms. The van der Waals surface area contributed by atoms with Gasteiger partial charge in [-0.1, -0.05) is 18.2 Å². The summed E-state index contributed by atoms with van der Waals surface area (Å²) in [5.41, 5.74) is 15.9. The van der Waals surface area contributed by atoms with Gasteiger partial charge in [-0.15, -0.1) is 0 Å². The summed E-state index contributed by atoms with van der Waals surface area (Å²) < 4.78 is 1.69. The molecule has 0 saturated carbocycles. The molecule has 0 bridgehead atoms. The summed E-state index contributed by atoms with van der Waals surface area (Å²) in [6, 6.07) is 14.8. The quantitative estimate of drug-likeness (QED) is 0.692. The summed E-state index contributed by atoms with van der Waals surface area (Å²) >= 11 is 0. The third kappa shape index (κ3) is 2.33. The lowest BCUT2D eigenvalue weighted by atomic mass is 9.97. The van der Waals surface area contributed by atoms with E-state index in [9.17, 15) is 9.59 Å². The molecule has 2 heterocycles. The van der Waals surface area contributed by atoms with Crippen LogP contribution in [0.1, 0.15) is 23.0 Å². The number of aromatic nitrogens is 2. The molecule has 1 aromatic heterocycles. The number of amides is 2. The second-order valence-electron chi connectivity index (χ2n) is 6.17. The number of fused-ring (bicyclic) bond motifs is 3. The van der Waals surface area contributed by atoms with E-state index in [1.165, 1.54) is 6.92 Å². The zero-order valence-corrected chi connectivity index (χ0v) is 14.1. The van der Waals surface area contributed by atoms with Crippen LogP contribution in [0.4, 0.5) is 11.4 Å². The number of carbonyl (C=O) groups excluding carboxylic acids is 2. The van der Waals surface area contributed by atoms with Gasteiger partial charge >= 0.3 is 0 Å². The Labute approximate surface area is 149 Å². The number of rotatable bonds is 2. The Balaban J connectivity index is 2.07. The predicted molar refractivity (Wildman–Crippen MR) is 98.8 cm³/mol. The van der Waals surface area contributed by atoms with Gasteiger partial charge in [0.2, 0.25) is 5.91 Å².